The third kappa shape index (κ3) is 3.91. The van der Waals surface area contributed by atoms with E-state index in [1.807, 2.05) is 12.1 Å². The van der Waals surface area contributed by atoms with Gasteiger partial charge in [0.15, 0.2) is 0 Å². The Kier molecular flexibility index (Phi) is 5.80. The van der Waals surface area contributed by atoms with E-state index in [4.69, 9.17) is 15.2 Å². The highest BCUT2D eigenvalue weighted by atomic mass is 16.5. The van der Waals surface area contributed by atoms with Gasteiger partial charge in [-0.25, -0.2) is 0 Å². The van der Waals surface area contributed by atoms with E-state index in [0.29, 0.717) is 13.2 Å². The second-order valence-electron chi connectivity index (χ2n) is 3.99. The number of para-hydroxylation sites is 1. The van der Waals surface area contributed by atoms with Gasteiger partial charge in [0.05, 0.1) is 24.6 Å². The number of rotatable bonds is 7. The Bertz CT molecular complexity index is 314. The first-order valence-corrected chi connectivity index (χ1v) is 5.78. The zero-order valence-electron chi connectivity index (χ0n) is 10.9. The van der Waals surface area contributed by atoms with Gasteiger partial charge in [-0.3, -0.25) is 0 Å². The van der Waals surface area contributed by atoms with E-state index in [9.17, 15) is 0 Å². The van der Waals surface area contributed by atoms with Crippen molar-refractivity contribution in [3.8, 4) is 0 Å². The molecule has 17 heavy (non-hydrogen) atoms. The maximum absolute atomic E-state index is 6.04. The fourth-order valence-electron chi connectivity index (χ4n) is 1.85. The van der Waals surface area contributed by atoms with Gasteiger partial charge in [0.25, 0.3) is 0 Å². The van der Waals surface area contributed by atoms with Crippen LogP contribution in [0, 0.1) is 6.92 Å². The molecule has 0 bridgehead atoms. The Hall–Kier alpha value is -1.26. The second-order valence-corrected chi connectivity index (χ2v) is 3.99. The number of nitrogens with two attached hydrogens (primary N) is 1. The molecule has 0 heterocycles. The number of anilines is 2. The first kappa shape index (κ1) is 13.8. The Balaban J connectivity index is 2.86. The van der Waals surface area contributed by atoms with Crippen LogP contribution in [-0.4, -0.2) is 40.5 Å². The summed E-state index contributed by atoms with van der Waals surface area (Å²) >= 11 is 0. The van der Waals surface area contributed by atoms with Crippen LogP contribution in [0.25, 0.3) is 0 Å². The molecule has 0 saturated heterocycles. The summed E-state index contributed by atoms with van der Waals surface area (Å²) < 4.78 is 10.3. The van der Waals surface area contributed by atoms with E-state index >= 15 is 0 Å². The Labute approximate surface area is 103 Å². The van der Waals surface area contributed by atoms with Gasteiger partial charge in [-0.15, -0.1) is 0 Å². The molecule has 0 atom stereocenters. The topological polar surface area (TPSA) is 47.7 Å². The van der Waals surface area contributed by atoms with Crippen molar-refractivity contribution in [3.05, 3.63) is 23.8 Å². The van der Waals surface area contributed by atoms with Crippen LogP contribution >= 0.6 is 0 Å². The summed E-state index contributed by atoms with van der Waals surface area (Å²) in [5.74, 6) is 0. The van der Waals surface area contributed by atoms with Gasteiger partial charge in [-0.1, -0.05) is 12.1 Å². The molecule has 4 nitrogen and oxygen atoms in total. The number of hydrogen-bond acceptors (Lipinski definition) is 4. The van der Waals surface area contributed by atoms with Crippen LogP contribution in [0.2, 0.25) is 0 Å². The molecular weight excluding hydrogens is 216 g/mol. The highest BCUT2D eigenvalue weighted by Crippen LogP contribution is 2.26. The van der Waals surface area contributed by atoms with E-state index < -0.39 is 0 Å². The van der Waals surface area contributed by atoms with Crippen molar-refractivity contribution in [2.75, 3.05) is 51.2 Å². The van der Waals surface area contributed by atoms with Crippen molar-refractivity contribution in [1.82, 2.24) is 0 Å². The molecule has 96 valence electrons. The molecular formula is C13H22N2O2. The van der Waals surface area contributed by atoms with Crippen molar-refractivity contribution < 1.29 is 9.47 Å². The van der Waals surface area contributed by atoms with Crippen molar-refractivity contribution in [2.24, 2.45) is 0 Å². The minimum absolute atomic E-state index is 0.678. The van der Waals surface area contributed by atoms with Gasteiger partial charge < -0.3 is 20.1 Å². The number of nitrogen functional groups attached to an aromatic ring is 1. The van der Waals surface area contributed by atoms with Crippen LogP contribution in [0.5, 0.6) is 0 Å². The van der Waals surface area contributed by atoms with Gasteiger partial charge in [-0.2, -0.15) is 0 Å². The van der Waals surface area contributed by atoms with Gasteiger partial charge in [0.2, 0.25) is 0 Å². The summed E-state index contributed by atoms with van der Waals surface area (Å²) in [6.45, 7) is 5.05. The molecule has 0 aliphatic carbocycles. The van der Waals surface area contributed by atoms with Gasteiger partial charge in [-0.05, 0) is 18.6 Å². The third-order valence-corrected chi connectivity index (χ3v) is 2.72. The zero-order valence-corrected chi connectivity index (χ0v) is 10.9. The van der Waals surface area contributed by atoms with Gasteiger partial charge in [0, 0.05) is 27.3 Å². The van der Waals surface area contributed by atoms with Crippen molar-refractivity contribution in [2.45, 2.75) is 6.92 Å². The molecule has 0 aliphatic rings. The SMILES string of the molecule is COCCN(CCOC)c1c(C)cccc1N. The van der Waals surface area contributed by atoms with Crippen LogP contribution in [-0.2, 0) is 9.47 Å². The minimum atomic E-state index is 0.678. The van der Waals surface area contributed by atoms with E-state index in [0.717, 1.165) is 24.5 Å². The number of aryl methyl sites for hydroxylation is 1. The molecule has 2 N–H and O–H groups in total. The monoisotopic (exact) mass is 238 g/mol. The summed E-state index contributed by atoms with van der Waals surface area (Å²) in [7, 11) is 3.41. The smallest absolute Gasteiger partial charge is 0.0637 e. The zero-order chi connectivity index (χ0) is 12.7. The Morgan fingerprint density at radius 2 is 1.71 bits per heavy atom. The molecule has 0 aliphatic heterocycles. The number of nitrogens with zero attached hydrogens (tertiary/aromatic N) is 1. The van der Waals surface area contributed by atoms with Crippen LogP contribution in [0.15, 0.2) is 18.2 Å². The number of benzene rings is 1. The molecule has 1 aromatic carbocycles. The third-order valence-electron chi connectivity index (χ3n) is 2.72. The van der Waals surface area contributed by atoms with Crippen LogP contribution in [0.4, 0.5) is 11.4 Å². The maximum Gasteiger partial charge on any atom is 0.0637 e. The van der Waals surface area contributed by atoms with Crippen LogP contribution in [0.3, 0.4) is 0 Å². The average Bonchev–Trinajstić information content (AvgIpc) is 2.31. The normalized spacial score (nSPS) is 10.5. The second kappa shape index (κ2) is 7.14. The summed E-state index contributed by atoms with van der Waals surface area (Å²) in [6.07, 6.45) is 0. The van der Waals surface area contributed by atoms with Gasteiger partial charge in [0.1, 0.15) is 0 Å². The highest BCUT2D eigenvalue weighted by Gasteiger charge is 2.11. The molecule has 0 amide bonds. The summed E-state index contributed by atoms with van der Waals surface area (Å²) in [5, 5.41) is 0. The maximum atomic E-state index is 6.04. The molecule has 0 radical (unpaired) electrons. The standard InChI is InChI=1S/C13H22N2O2/c1-11-5-4-6-12(14)13(11)15(7-9-16-2)8-10-17-3/h4-6H,7-10,14H2,1-3H3. The van der Waals surface area contributed by atoms with E-state index in [1.165, 1.54) is 5.56 Å². The van der Waals surface area contributed by atoms with Crippen molar-refractivity contribution in [3.63, 3.8) is 0 Å². The fraction of sp³-hybridized carbons (Fsp3) is 0.538. The molecule has 0 spiro atoms. The first-order chi connectivity index (χ1) is 8.20. The largest absolute Gasteiger partial charge is 0.397 e. The molecule has 1 aromatic rings. The van der Waals surface area contributed by atoms with E-state index in [1.54, 1.807) is 14.2 Å². The van der Waals surface area contributed by atoms with E-state index in [-0.39, 0.29) is 0 Å². The van der Waals surface area contributed by atoms with Crippen molar-refractivity contribution in [1.29, 1.82) is 0 Å². The molecule has 1 rings (SSSR count). The lowest BCUT2D eigenvalue weighted by atomic mass is 10.1. The molecule has 0 saturated carbocycles. The lowest BCUT2D eigenvalue weighted by molar-refractivity contribution is 0.190. The lowest BCUT2D eigenvalue weighted by Gasteiger charge is -2.27. The highest BCUT2D eigenvalue weighted by molar-refractivity contribution is 5.71. The molecule has 0 fully saturated rings. The number of methoxy groups -OCH3 is 2. The predicted octanol–water partition coefficient (Wildman–Crippen LogP) is 1.68. The molecule has 4 heteroatoms. The minimum Gasteiger partial charge on any atom is -0.397 e. The Morgan fingerprint density at radius 1 is 1.12 bits per heavy atom. The summed E-state index contributed by atoms with van der Waals surface area (Å²) in [6, 6.07) is 5.96. The number of hydrogen-bond donors (Lipinski definition) is 1. The van der Waals surface area contributed by atoms with Gasteiger partial charge >= 0.3 is 0 Å². The van der Waals surface area contributed by atoms with Crippen molar-refractivity contribution >= 4 is 11.4 Å². The van der Waals surface area contributed by atoms with E-state index in [2.05, 4.69) is 17.9 Å². The van der Waals surface area contributed by atoms with Crippen LogP contribution in [0.1, 0.15) is 5.56 Å². The summed E-state index contributed by atoms with van der Waals surface area (Å²) in [4.78, 5) is 2.21. The molecule has 0 unspecified atom stereocenters. The molecule has 0 aromatic heterocycles. The predicted molar refractivity (Wildman–Crippen MR) is 71.6 cm³/mol. The number of ether oxygens (including phenoxy) is 2. The average molecular weight is 238 g/mol. The fourth-order valence-corrected chi connectivity index (χ4v) is 1.85. The summed E-state index contributed by atoms with van der Waals surface area (Å²) in [5.41, 5.74) is 9.11. The lowest BCUT2D eigenvalue weighted by Crippen LogP contribution is -2.31. The first-order valence-electron chi connectivity index (χ1n) is 5.78. The Morgan fingerprint density at radius 3 is 2.18 bits per heavy atom. The quantitative estimate of drug-likeness (QED) is 0.734. The van der Waals surface area contributed by atoms with Crippen LogP contribution < -0.4 is 10.6 Å².